The van der Waals surface area contributed by atoms with Crippen molar-refractivity contribution in [3.8, 4) is 0 Å². The zero-order valence-corrected chi connectivity index (χ0v) is 15.5. The van der Waals surface area contributed by atoms with Gasteiger partial charge in [0.2, 0.25) is 11.8 Å². The van der Waals surface area contributed by atoms with Crippen molar-refractivity contribution in [3.63, 3.8) is 0 Å². The van der Waals surface area contributed by atoms with Gasteiger partial charge in [0, 0.05) is 18.1 Å². The van der Waals surface area contributed by atoms with Crippen molar-refractivity contribution in [2.24, 2.45) is 0 Å². The fraction of sp³-hybridized carbons (Fsp3) is 0.158. The van der Waals surface area contributed by atoms with Gasteiger partial charge in [-0.2, -0.15) is 13.2 Å². The van der Waals surface area contributed by atoms with Gasteiger partial charge in [0.25, 0.3) is 0 Å². The first-order chi connectivity index (χ1) is 13.5. The van der Waals surface area contributed by atoms with E-state index in [1.165, 1.54) is 7.05 Å². The zero-order valence-electron chi connectivity index (χ0n) is 14.8. The van der Waals surface area contributed by atoms with E-state index in [0.717, 1.165) is 48.6 Å². The normalized spacial score (nSPS) is 12.7. The Kier molecular flexibility index (Phi) is 6.97. The van der Waals surface area contributed by atoms with Gasteiger partial charge in [-0.3, -0.25) is 9.59 Å². The minimum Gasteiger partial charge on any atom is -0.357 e. The van der Waals surface area contributed by atoms with Crippen LogP contribution < -0.4 is 10.6 Å². The van der Waals surface area contributed by atoms with Gasteiger partial charge in [0.1, 0.15) is 6.04 Å². The lowest BCUT2D eigenvalue weighted by molar-refractivity contribution is -0.137. The topological polar surface area (TPSA) is 58.2 Å². The molecule has 29 heavy (non-hydrogen) atoms. The van der Waals surface area contributed by atoms with Gasteiger partial charge in [-0.05, 0) is 47.5 Å². The Morgan fingerprint density at radius 3 is 2.34 bits per heavy atom. The molecule has 1 unspecified atom stereocenters. The average Bonchev–Trinajstić information content (AvgIpc) is 2.66. The first kappa shape index (κ1) is 22.4. The maximum absolute atomic E-state index is 13.5. The predicted octanol–water partition coefficient (Wildman–Crippen LogP) is 4.25. The number of hydrogen-bond acceptors (Lipinski definition) is 2. The molecule has 0 heterocycles. The number of carbonyl (C=O) groups excluding carboxylic acids is 2. The van der Waals surface area contributed by atoms with Gasteiger partial charge in [-0.1, -0.05) is 17.7 Å². The summed E-state index contributed by atoms with van der Waals surface area (Å²) in [5, 5.41) is 4.52. The van der Waals surface area contributed by atoms with E-state index in [1.807, 2.05) is 0 Å². The molecular weight excluding hydrogens is 419 g/mol. The van der Waals surface area contributed by atoms with Crippen LogP contribution in [0, 0.1) is 11.6 Å². The maximum Gasteiger partial charge on any atom is 0.416 e. The van der Waals surface area contributed by atoms with Crippen LogP contribution in [0.5, 0.6) is 0 Å². The molecule has 0 aliphatic rings. The molecule has 2 aromatic rings. The van der Waals surface area contributed by atoms with Crippen LogP contribution in [0.1, 0.15) is 22.7 Å². The van der Waals surface area contributed by atoms with Crippen molar-refractivity contribution in [2.45, 2.75) is 12.2 Å². The highest BCUT2D eigenvalue weighted by Gasteiger charge is 2.30. The molecule has 0 fully saturated rings. The smallest absolute Gasteiger partial charge is 0.357 e. The Morgan fingerprint density at radius 1 is 1.07 bits per heavy atom. The number of amides is 2. The van der Waals surface area contributed by atoms with E-state index in [0.29, 0.717) is 0 Å². The molecule has 0 bridgehead atoms. The van der Waals surface area contributed by atoms with Crippen LogP contribution in [-0.4, -0.2) is 18.9 Å². The maximum atomic E-state index is 13.5. The second-order valence-electron chi connectivity index (χ2n) is 5.80. The number of halogens is 6. The summed E-state index contributed by atoms with van der Waals surface area (Å²) in [6.07, 6.45) is -2.68. The van der Waals surface area contributed by atoms with Gasteiger partial charge in [-0.15, -0.1) is 0 Å². The zero-order chi connectivity index (χ0) is 21.8. The first-order valence-corrected chi connectivity index (χ1v) is 8.42. The Hall–Kier alpha value is -2.94. The van der Waals surface area contributed by atoms with Crippen LogP contribution in [0.15, 0.2) is 42.5 Å². The highest BCUT2D eigenvalue weighted by molar-refractivity contribution is 6.32. The van der Waals surface area contributed by atoms with E-state index in [2.05, 4.69) is 10.6 Å². The van der Waals surface area contributed by atoms with Crippen molar-refractivity contribution >= 4 is 29.5 Å². The number of alkyl halides is 3. The van der Waals surface area contributed by atoms with Crippen molar-refractivity contribution < 1.29 is 31.5 Å². The molecule has 0 spiro atoms. The van der Waals surface area contributed by atoms with Crippen molar-refractivity contribution in [1.82, 2.24) is 10.6 Å². The SMILES string of the molecule is CNC(=O)C(NC(=O)/C=C/c1cc(C(F)(F)F)ccc1Cl)c1ccc(F)c(F)c1. The van der Waals surface area contributed by atoms with Gasteiger partial charge < -0.3 is 10.6 Å². The first-order valence-electron chi connectivity index (χ1n) is 8.04. The van der Waals surface area contributed by atoms with Gasteiger partial charge in [-0.25, -0.2) is 8.78 Å². The minimum atomic E-state index is -4.59. The van der Waals surface area contributed by atoms with Crippen LogP contribution in [0.2, 0.25) is 5.02 Å². The third-order valence-corrected chi connectivity index (χ3v) is 4.15. The van der Waals surface area contributed by atoms with Crippen molar-refractivity contribution in [1.29, 1.82) is 0 Å². The van der Waals surface area contributed by atoms with Gasteiger partial charge >= 0.3 is 6.18 Å². The summed E-state index contributed by atoms with van der Waals surface area (Å²) in [5.41, 5.74) is -1.05. The third kappa shape index (κ3) is 5.77. The molecular formula is C19H14ClF5N2O2. The van der Waals surface area contributed by atoms with E-state index < -0.39 is 41.2 Å². The summed E-state index contributed by atoms with van der Waals surface area (Å²) in [5.74, 6) is -3.92. The molecule has 2 amide bonds. The minimum absolute atomic E-state index is 0.0227. The Morgan fingerprint density at radius 2 is 1.76 bits per heavy atom. The van der Waals surface area contributed by atoms with Crippen molar-refractivity contribution in [3.05, 3.63) is 75.8 Å². The lowest BCUT2D eigenvalue weighted by Gasteiger charge is -2.17. The molecule has 0 radical (unpaired) electrons. The third-order valence-electron chi connectivity index (χ3n) is 3.81. The molecule has 0 aromatic heterocycles. The summed E-state index contributed by atoms with van der Waals surface area (Å²) < 4.78 is 65.0. The number of rotatable bonds is 5. The molecule has 0 aliphatic heterocycles. The van der Waals surface area contributed by atoms with Crippen LogP contribution in [-0.2, 0) is 15.8 Å². The number of nitrogens with one attached hydrogen (secondary N) is 2. The molecule has 0 aliphatic carbocycles. The summed E-state index contributed by atoms with van der Waals surface area (Å²) in [7, 11) is 1.28. The fourth-order valence-electron chi connectivity index (χ4n) is 2.34. The van der Waals surface area contributed by atoms with Crippen LogP contribution in [0.4, 0.5) is 22.0 Å². The summed E-state index contributed by atoms with van der Waals surface area (Å²) >= 11 is 5.84. The fourth-order valence-corrected chi connectivity index (χ4v) is 2.52. The quantitative estimate of drug-likeness (QED) is 0.548. The van der Waals surface area contributed by atoms with Crippen molar-refractivity contribution in [2.75, 3.05) is 7.05 Å². The van der Waals surface area contributed by atoms with Crippen LogP contribution >= 0.6 is 11.6 Å². The number of carbonyl (C=O) groups is 2. The Labute approximate surface area is 167 Å². The molecule has 0 saturated carbocycles. The average molecular weight is 433 g/mol. The molecule has 154 valence electrons. The highest BCUT2D eigenvalue weighted by Crippen LogP contribution is 2.32. The molecule has 10 heteroatoms. The summed E-state index contributed by atoms with van der Waals surface area (Å²) in [6, 6.07) is 3.91. The largest absolute Gasteiger partial charge is 0.416 e. The van der Waals surface area contributed by atoms with Crippen LogP contribution in [0.3, 0.4) is 0 Å². The molecule has 1 atom stereocenters. The monoisotopic (exact) mass is 432 g/mol. The second-order valence-corrected chi connectivity index (χ2v) is 6.20. The van der Waals surface area contributed by atoms with Crippen LogP contribution in [0.25, 0.3) is 6.08 Å². The van der Waals surface area contributed by atoms with E-state index in [1.54, 1.807) is 0 Å². The molecule has 4 nitrogen and oxygen atoms in total. The van der Waals surface area contributed by atoms with E-state index in [4.69, 9.17) is 11.6 Å². The molecule has 0 saturated heterocycles. The lowest BCUT2D eigenvalue weighted by Crippen LogP contribution is -2.38. The number of hydrogen-bond donors (Lipinski definition) is 2. The number of likely N-dealkylation sites (N-methyl/N-ethyl adjacent to an activating group) is 1. The molecule has 2 rings (SSSR count). The second kappa shape index (κ2) is 9.04. The van der Waals surface area contributed by atoms with Gasteiger partial charge in [0.15, 0.2) is 11.6 Å². The Bertz CT molecular complexity index is 960. The van der Waals surface area contributed by atoms with Gasteiger partial charge in [0.05, 0.1) is 5.56 Å². The molecule has 2 aromatic carbocycles. The molecule has 2 N–H and O–H groups in total. The predicted molar refractivity (Wildman–Crippen MR) is 96.8 cm³/mol. The number of benzene rings is 2. The lowest BCUT2D eigenvalue weighted by atomic mass is 10.1. The van der Waals surface area contributed by atoms with E-state index in [9.17, 15) is 31.5 Å². The van der Waals surface area contributed by atoms with E-state index >= 15 is 0 Å². The highest BCUT2D eigenvalue weighted by atomic mass is 35.5. The standard InChI is InChI=1S/C19H14ClF5N2O2/c1-26-18(29)17(11-2-6-14(21)15(22)9-11)27-16(28)7-3-10-8-12(19(23,24)25)4-5-13(10)20/h2-9,17H,1H3,(H,26,29)(H,27,28)/b7-3+. The Balaban J connectivity index is 2.24. The summed E-state index contributed by atoms with van der Waals surface area (Å²) in [6.45, 7) is 0. The summed E-state index contributed by atoms with van der Waals surface area (Å²) in [4.78, 5) is 24.2. The van der Waals surface area contributed by atoms with E-state index in [-0.39, 0.29) is 16.1 Å².